The molecule has 1 N–H and O–H groups in total. The van der Waals surface area contributed by atoms with E-state index in [1.807, 2.05) is 17.5 Å². The molecule has 130 valence electrons. The minimum atomic E-state index is -3.42. The number of aromatic nitrogens is 1. The summed E-state index contributed by atoms with van der Waals surface area (Å²) in [6, 6.07) is 8.22. The first kappa shape index (κ1) is 18.6. The molecule has 1 aromatic carbocycles. The van der Waals surface area contributed by atoms with Crippen LogP contribution in [-0.2, 0) is 21.1 Å². The summed E-state index contributed by atoms with van der Waals surface area (Å²) in [5, 5.41) is 3.72. The van der Waals surface area contributed by atoms with Gasteiger partial charge in [-0.3, -0.25) is 4.79 Å². The van der Waals surface area contributed by atoms with Gasteiger partial charge in [0.1, 0.15) is 5.25 Å². The quantitative estimate of drug-likeness (QED) is 0.813. The second kappa shape index (κ2) is 7.90. The predicted molar refractivity (Wildman–Crippen MR) is 99.1 cm³/mol. The number of hydrogen-bond donors (Lipinski definition) is 1. The second-order valence-corrected chi connectivity index (χ2v) is 9.02. The Morgan fingerprint density at radius 3 is 2.54 bits per heavy atom. The van der Waals surface area contributed by atoms with E-state index in [2.05, 4.69) is 29.4 Å². The molecule has 0 aliphatic carbocycles. The molecule has 0 spiro atoms. The zero-order valence-corrected chi connectivity index (χ0v) is 15.7. The zero-order chi connectivity index (χ0) is 17.7. The van der Waals surface area contributed by atoms with Crippen molar-refractivity contribution in [3.8, 4) is 11.3 Å². The van der Waals surface area contributed by atoms with Gasteiger partial charge in [-0.25, -0.2) is 13.4 Å². The summed E-state index contributed by atoms with van der Waals surface area (Å²) >= 11 is 1.28. The van der Waals surface area contributed by atoms with E-state index >= 15 is 0 Å². The monoisotopic (exact) mass is 366 g/mol. The Balaban J connectivity index is 2.06. The van der Waals surface area contributed by atoms with Gasteiger partial charge >= 0.3 is 0 Å². The van der Waals surface area contributed by atoms with Gasteiger partial charge in [0.2, 0.25) is 5.91 Å². The van der Waals surface area contributed by atoms with Gasteiger partial charge in [0.15, 0.2) is 15.0 Å². The highest BCUT2D eigenvalue weighted by molar-refractivity contribution is 7.92. The molecule has 2 aromatic rings. The Morgan fingerprint density at radius 1 is 1.29 bits per heavy atom. The maximum atomic E-state index is 11.9. The smallest absolute Gasteiger partial charge is 0.244 e. The van der Waals surface area contributed by atoms with E-state index in [9.17, 15) is 13.2 Å². The van der Waals surface area contributed by atoms with Crippen molar-refractivity contribution in [1.82, 2.24) is 4.98 Å². The third kappa shape index (κ3) is 4.88. The minimum Gasteiger partial charge on any atom is -0.301 e. The van der Waals surface area contributed by atoms with E-state index in [0.29, 0.717) is 5.13 Å². The van der Waals surface area contributed by atoms with E-state index in [4.69, 9.17) is 0 Å². The number of thiazole rings is 1. The highest BCUT2D eigenvalue weighted by atomic mass is 32.2. The summed E-state index contributed by atoms with van der Waals surface area (Å²) in [6.45, 7) is 3.54. The lowest BCUT2D eigenvalue weighted by molar-refractivity contribution is -0.115. The van der Waals surface area contributed by atoms with Gasteiger partial charge in [0, 0.05) is 17.2 Å². The third-order valence-corrected chi connectivity index (χ3v) is 6.07. The van der Waals surface area contributed by atoms with Crippen molar-refractivity contribution in [1.29, 1.82) is 0 Å². The van der Waals surface area contributed by atoms with Gasteiger partial charge in [-0.1, -0.05) is 37.6 Å². The number of anilines is 1. The molecule has 24 heavy (non-hydrogen) atoms. The van der Waals surface area contributed by atoms with Crippen molar-refractivity contribution in [2.75, 3.05) is 11.6 Å². The summed E-state index contributed by atoms with van der Waals surface area (Å²) in [5.74, 6) is -0.562. The van der Waals surface area contributed by atoms with Crippen molar-refractivity contribution in [2.45, 2.75) is 38.4 Å². The van der Waals surface area contributed by atoms with Crippen molar-refractivity contribution in [2.24, 2.45) is 0 Å². The number of carbonyl (C=O) groups is 1. The normalized spacial score (nSPS) is 12.8. The minimum absolute atomic E-state index is 0.403. The number of hydrogen-bond acceptors (Lipinski definition) is 5. The number of carbonyl (C=O) groups excluding carboxylic acids is 1. The molecule has 0 unspecified atom stereocenters. The molecule has 1 aromatic heterocycles. The summed E-state index contributed by atoms with van der Waals surface area (Å²) < 4.78 is 22.8. The van der Waals surface area contributed by atoms with Crippen LogP contribution in [0.5, 0.6) is 0 Å². The first-order valence-electron chi connectivity index (χ1n) is 7.86. The Labute approximate surface area is 147 Å². The first-order chi connectivity index (χ1) is 11.3. The van der Waals surface area contributed by atoms with Gasteiger partial charge in [-0.2, -0.15) is 0 Å². The van der Waals surface area contributed by atoms with Gasteiger partial charge < -0.3 is 5.32 Å². The van der Waals surface area contributed by atoms with Crippen LogP contribution in [0.4, 0.5) is 5.13 Å². The molecule has 5 nitrogen and oxygen atoms in total. The lowest BCUT2D eigenvalue weighted by atomic mass is 10.1. The number of nitrogens with zero attached hydrogens (tertiary/aromatic N) is 1. The molecule has 1 heterocycles. The molecule has 2 rings (SSSR count). The molecular weight excluding hydrogens is 344 g/mol. The molecule has 1 atom stereocenters. The van der Waals surface area contributed by atoms with Crippen LogP contribution in [-0.4, -0.2) is 30.8 Å². The molecule has 0 aliphatic rings. The Morgan fingerprint density at radius 2 is 1.96 bits per heavy atom. The van der Waals surface area contributed by atoms with Gasteiger partial charge in [0.25, 0.3) is 0 Å². The summed E-state index contributed by atoms with van der Waals surface area (Å²) in [6.07, 6.45) is 4.46. The topological polar surface area (TPSA) is 76.1 Å². The fraction of sp³-hybridized carbons (Fsp3) is 0.412. The van der Waals surface area contributed by atoms with E-state index in [0.717, 1.165) is 23.9 Å². The number of sulfone groups is 1. The Bertz CT molecular complexity index is 795. The number of benzene rings is 1. The average molecular weight is 367 g/mol. The third-order valence-electron chi connectivity index (χ3n) is 3.81. The SMILES string of the molecule is CCCCc1ccc(-c2csc(NC(=O)[C@@H](C)S(C)(=O)=O)n2)cc1. The van der Waals surface area contributed by atoms with Crippen LogP contribution in [0.25, 0.3) is 11.3 Å². The van der Waals surface area contributed by atoms with E-state index in [-0.39, 0.29) is 0 Å². The van der Waals surface area contributed by atoms with Crippen LogP contribution in [0.2, 0.25) is 0 Å². The number of aryl methyl sites for hydroxylation is 1. The maximum Gasteiger partial charge on any atom is 0.244 e. The molecule has 7 heteroatoms. The summed E-state index contributed by atoms with van der Waals surface area (Å²) in [5.41, 5.74) is 3.04. The highest BCUT2D eigenvalue weighted by Crippen LogP contribution is 2.25. The number of unbranched alkanes of at least 4 members (excludes halogenated alkanes) is 1. The van der Waals surface area contributed by atoms with Crippen molar-refractivity contribution in [3.63, 3.8) is 0 Å². The van der Waals surface area contributed by atoms with Crippen LogP contribution < -0.4 is 5.32 Å². The van der Waals surface area contributed by atoms with Crippen molar-refractivity contribution in [3.05, 3.63) is 35.2 Å². The molecule has 0 fully saturated rings. The maximum absolute atomic E-state index is 11.9. The zero-order valence-electron chi connectivity index (χ0n) is 14.1. The van der Waals surface area contributed by atoms with Crippen LogP contribution >= 0.6 is 11.3 Å². The number of nitrogens with one attached hydrogen (secondary N) is 1. The summed E-state index contributed by atoms with van der Waals surface area (Å²) in [4.78, 5) is 16.3. The van der Waals surface area contributed by atoms with Crippen molar-refractivity contribution >= 4 is 32.2 Å². The number of rotatable bonds is 7. The first-order valence-corrected chi connectivity index (χ1v) is 10.7. The Hall–Kier alpha value is -1.73. The molecule has 0 radical (unpaired) electrons. The lowest BCUT2D eigenvalue weighted by Crippen LogP contribution is -2.31. The molecule has 0 saturated carbocycles. The van der Waals surface area contributed by atoms with Crippen LogP contribution in [0, 0.1) is 0 Å². The highest BCUT2D eigenvalue weighted by Gasteiger charge is 2.24. The fourth-order valence-corrected chi connectivity index (χ4v) is 3.26. The lowest BCUT2D eigenvalue weighted by Gasteiger charge is -2.07. The van der Waals surface area contributed by atoms with Crippen LogP contribution in [0.15, 0.2) is 29.6 Å². The summed E-state index contributed by atoms with van der Waals surface area (Å²) in [7, 11) is -3.42. The van der Waals surface area contributed by atoms with Gasteiger partial charge in [0.05, 0.1) is 5.69 Å². The molecule has 0 bridgehead atoms. The van der Waals surface area contributed by atoms with Crippen LogP contribution in [0.3, 0.4) is 0 Å². The molecule has 0 saturated heterocycles. The van der Waals surface area contributed by atoms with E-state index < -0.39 is 21.0 Å². The van der Waals surface area contributed by atoms with E-state index in [1.54, 1.807) is 0 Å². The second-order valence-electron chi connectivity index (χ2n) is 5.80. The molecule has 1 amide bonds. The number of amides is 1. The van der Waals surface area contributed by atoms with E-state index in [1.165, 1.54) is 36.7 Å². The average Bonchev–Trinajstić information content (AvgIpc) is 3.00. The fourth-order valence-electron chi connectivity index (χ4n) is 2.09. The predicted octanol–water partition coefficient (Wildman–Crippen LogP) is 3.52. The van der Waals surface area contributed by atoms with Crippen molar-refractivity contribution < 1.29 is 13.2 Å². The largest absolute Gasteiger partial charge is 0.301 e. The standard InChI is InChI=1S/C17H22N2O3S2/c1-4-5-6-13-7-9-14(10-8-13)15-11-23-17(18-15)19-16(20)12(2)24(3,21)22/h7-12H,4-6H2,1-3H3,(H,18,19,20)/t12-/m1/s1. The molecular formula is C17H22N2O3S2. The van der Waals surface area contributed by atoms with Gasteiger partial charge in [-0.15, -0.1) is 11.3 Å². The van der Waals surface area contributed by atoms with Gasteiger partial charge in [-0.05, 0) is 25.3 Å². The Kier molecular flexibility index (Phi) is 6.12. The van der Waals surface area contributed by atoms with Crippen LogP contribution in [0.1, 0.15) is 32.3 Å². The molecule has 0 aliphatic heterocycles.